The average Bonchev–Trinajstić information content (AvgIpc) is 2.48. The van der Waals surface area contributed by atoms with Gasteiger partial charge >= 0.3 is 12.1 Å². The zero-order valence-electron chi connectivity index (χ0n) is 12.0. The number of ether oxygens (including phenoxy) is 2. The molecule has 6 heteroatoms. The Morgan fingerprint density at radius 3 is 2.68 bits per heavy atom. The third kappa shape index (κ3) is 3.32. The zero-order valence-corrected chi connectivity index (χ0v) is 12.0. The van der Waals surface area contributed by atoms with Crippen molar-refractivity contribution in [2.75, 3.05) is 7.11 Å². The number of rotatable bonds is 4. The number of benzene rings is 1. The van der Waals surface area contributed by atoms with Gasteiger partial charge in [0.2, 0.25) is 0 Å². The molecule has 0 radical (unpaired) electrons. The smallest absolute Gasteiger partial charge is 0.491 e. The van der Waals surface area contributed by atoms with Crippen molar-refractivity contribution in [3.63, 3.8) is 0 Å². The lowest BCUT2D eigenvalue weighted by molar-refractivity contribution is -0.192. The van der Waals surface area contributed by atoms with Gasteiger partial charge in [0.25, 0.3) is 0 Å². The molecule has 0 aliphatic heterocycles. The third-order valence-corrected chi connectivity index (χ3v) is 3.39. The minimum Gasteiger partial charge on any atom is -0.497 e. The molecule has 0 bridgehead atoms. The van der Waals surface area contributed by atoms with Crippen molar-refractivity contribution < 1.29 is 27.4 Å². The summed E-state index contributed by atoms with van der Waals surface area (Å²) >= 11 is 0. The molecule has 0 saturated heterocycles. The second-order valence-electron chi connectivity index (χ2n) is 4.84. The number of alkyl halides is 3. The standard InChI is InChI=1S/C16H15F3O3/c1-3-4-10-5-6-11-9-12(21-2)7-8-13(11)14(10)22-15(20)16(17,18)19/h3,7-9H,1,4-6H2,2H3. The fraction of sp³-hybridized carbons (Fsp3) is 0.312. The summed E-state index contributed by atoms with van der Waals surface area (Å²) < 4.78 is 47.2. The molecule has 1 aromatic carbocycles. The summed E-state index contributed by atoms with van der Waals surface area (Å²) in [6.45, 7) is 3.58. The van der Waals surface area contributed by atoms with E-state index in [4.69, 9.17) is 4.74 Å². The van der Waals surface area contributed by atoms with Gasteiger partial charge in [-0.2, -0.15) is 13.2 Å². The van der Waals surface area contributed by atoms with E-state index in [1.807, 2.05) is 0 Å². The number of halogens is 3. The van der Waals surface area contributed by atoms with Crippen LogP contribution < -0.4 is 4.74 Å². The van der Waals surface area contributed by atoms with E-state index in [0.29, 0.717) is 36.1 Å². The fourth-order valence-electron chi connectivity index (χ4n) is 2.36. The SMILES string of the molecule is C=CCC1=C(OC(=O)C(F)(F)F)c2ccc(OC)cc2CC1. The Hall–Kier alpha value is -2.24. The summed E-state index contributed by atoms with van der Waals surface area (Å²) in [4.78, 5) is 11.2. The Kier molecular flexibility index (Phi) is 4.59. The molecule has 1 aliphatic rings. The highest BCUT2D eigenvalue weighted by molar-refractivity contribution is 5.84. The zero-order chi connectivity index (χ0) is 16.3. The summed E-state index contributed by atoms with van der Waals surface area (Å²) in [7, 11) is 1.51. The van der Waals surface area contributed by atoms with Crippen LogP contribution in [0, 0.1) is 0 Å². The molecule has 0 atom stereocenters. The van der Waals surface area contributed by atoms with Crippen LogP contribution in [0.25, 0.3) is 5.76 Å². The lowest BCUT2D eigenvalue weighted by Crippen LogP contribution is -2.26. The summed E-state index contributed by atoms with van der Waals surface area (Å²) in [5, 5.41) is 0. The maximum absolute atomic E-state index is 12.5. The predicted molar refractivity (Wildman–Crippen MR) is 75.2 cm³/mol. The van der Waals surface area contributed by atoms with Gasteiger partial charge in [0.15, 0.2) is 0 Å². The Balaban J connectivity index is 2.44. The highest BCUT2D eigenvalue weighted by Crippen LogP contribution is 2.37. The van der Waals surface area contributed by atoms with E-state index in [-0.39, 0.29) is 5.76 Å². The molecule has 0 aromatic heterocycles. The van der Waals surface area contributed by atoms with Crippen molar-refractivity contribution >= 4 is 11.7 Å². The summed E-state index contributed by atoms with van der Waals surface area (Å²) in [5.41, 5.74) is 1.91. The van der Waals surface area contributed by atoms with Crippen molar-refractivity contribution in [2.24, 2.45) is 0 Å². The van der Waals surface area contributed by atoms with Crippen molar-refractivity contribution in [2.45, 2.75) is 25.4 Å². The van der Waals surface area contributed by atoms with Crippen LogP contribution in [0.3, 0.4) is 0 Å². The molecule has 0 amide bonds. The number of carbonyl (C=O) groups excluding carboxylic acids is 1. The van der Waals surface area contributed by atoms with E-state index in [0.717, 1.165) is 5.56 Å². The second kappa shape index (κ2) is 6.25. The first kappa shape index (κ1) is 16.1. The van der Waals surface area contributed by atoms with Crippen LogP contribution >= 0.6 is 0 Å². The molecule has 22 heavy (non-hydrogen) atoms. The van der Waals surface area contributed by atoms with E-state index in [1.54, 1.807) is 24.3 Å². The maximum atomic E-state index is 12.5. The van der Waals surface area contributed by atoms with Gasteiger partial charge in [-0.1, -0.05) is 6.08 Å². The number of aryl methyl sites for hydroxylation is 1. The van der Waals surface area contributed by atoms with Crippen LogP contribution in [0.5, 0.6) is 5.75 Å². The molecular weight excluding hydrogens is 297 g/mol. The molecule has 0 spiro atoms. The van der Waals surface area contributed by atoms with E-state index in [2.05, 4.69) is 11.3 Å². The summed E-state index contributed by atoms with van der Waals surface area (Å²) in [6.07, 6.45) is -1.94. The molecule has 0 saturated carbocycles. The van der Waals surface area contributed by atoms with E-state index in [9.17, 15) is 18.0 Å². The van der Waals surface area contributed by atoms with Gasteiger partial charge in [0.05, 0.1) is 7.11 Å². The first-order chi connectivity index (χ1) is 10.4. The lowest BCUT2D eigenvalue weighted by Gasteiger charge is -2.23. The lowest BCUT2D eigenvalue weighted by atomic mass is 9.89. The Morgan fingerprint density at radius 1 is 1.36 bits per heavy atom. The molecule has 0 unspecified atom stereocenters. The summed E-state index contributed by atoms with van der Waals surface area (Å²) in [5.74, 6) is -1.63. The minimum absolute atomic E-state index is 0.0221. The van der Waals surface area contributed by atoms with Crippen LogP contribution in [-0.4, -0.2) is 19.3 Å². The van der Waals surface area contributed by atoms with Crippen LogP contribution in [0.4, 0.5) is 13.2 Å². The number of allylic oxidation sites excluding steroid dienone is 2. The molecule has 0 heterocycles. The number of hydrogen-bond donors (Lipinski definition) is 0. The van der Waals surface area contributed by atoms with Gasteiger partial charge in [-0.3, -0.25) is 0 Å². The maximum Gasteiger partial charge on any atom is 0.491 e. The largest absolute Gasteiger partial charge is 0.497 e. The number of esters is 1. The molecule has 118 valence electrons. The van der Waals surface area contributed by atoms with Crippen molar-refractivity contribution in [1.29, 1.82) is 0 Å². The molecular formula is C16H15F3O3. The van der Waals surface area contributed by atoms with E-state index >= 15 is 0 Å². The topological polar surface area (TPSA) is 35.5 Å². The quantitative estimate of drug-likeness (QED) is 0.622. The normalized spacial score (nSPS) is 14.4. The van der Waals surface area contributed by atoms with Gasteiger partial charge in [0, 0.05) is 5.56 Å². The Bertz CT molecular complexity index is 630. The molecule has 1 aliphatic carbocycles. The molecule has 0 N–H and O–H groups in total. The first-order valence-electron chi connectivity index (χ1n) is 6.66. The first-order valence-corrected chi connectivity index (χ1v) is 6.66. The minimum atomic E-state index is -5.03. The van der Waals surface area contributed by atoms with Crippen LogP contribution in [0.15, 0.2) is 36.4 Å². The van der Waals surface area contributed by atoms with E-state index < -0.39 is 12.1 Å². The van der Waals surface area contributed by atoms with Gasteiger partial charge in [-0.15, -0.1) is 6.58 Å². The van der Waals surface area contributed by atoms with Gasteiger partial charge in [0.1, 0.15) is 11.5 Å². The van der Waals surface area contributed by atoms with Crippen molar-refractivity contribution in [3.8, 4) is 5.75 Å². The molecule has 2 rings (SSSR count). The van der Waals surface area contributed by atoms with Crippen LogP contribution in [0.1, 0.15) is 24.0 Å². The number of methoxy groups -OCH3 is 1. The summed E-state index contributed by atoms with van der Waals surface area (Å²) in [6, 6.07) is 4.97. The molecule has 3 nitrogen and oxygen atoms in total. The molecule has 0 fully saturated rings. The number of fused-ring (bicyclic) bond motifs is 1. The predicted octanol–water partition coefficient (Wildman–Crippen LogP) is 4.03. The van der Waals surface area contributed by atoms with E-state index in [1.165, 1.54) is 7.11 Å². The van der Waals surface area contributed by atoms with Gasteiger partial charge < -0.3 is 9.47 Å². The average molecular weight is 312 g/mol. The van der Waals surface area contributed by atoms with Gasteiger partial charge in [-0.25, -0.2) is 4.79 Å². The third-order valence-electron chi connectivity index (χ3n) is 3.39. The van der Waals surface area contributed by atoms with Crippen molar-refractivity contribution in [3.05, 3.63) is 47.6 Å². The fourth-order valence-corrected chi connectivity index (χ4v) is 2.36. The Morgan fingerprint density at radius 2 is 2.09 bits per heavy atom. The second-order valence-corrected chi connectivity index (χ2v) is 4.84. The monoisotopic (exact) mass is 312 g/mol. The Labute approximate surface area is 126 Å². The highest BCUT2D eigenvalue weighted by atomic mass is 19.4. The van der Waals surface area contributed by atoms with Gasteiger partial charge in [-0.05, 0) is 48.6 Å². The molecule has 1 aromatic rings. The van der Waals surface area contributed by atoms with Crippen LogP contribution in [-0.2, 0) is 16.0 Å². The highest BCUT2D eigenvalue weighted by Gasteiger charge is 2.42. The van der Waals surface area contributed by atoms with Crippen molar-refractivity contribution in [1.82, 2.24) is 0 Å². The van der Waals surface area contributed by atoms with Crippen LogP contribution in [0.2, 0.25) is 0 Å². The number of carbonyl (C=O) groups is 1. The number of hydrogen-bond acceptors (Lipinski definition) is 3.